The van der Waals surface area contributed by atoms with E-state index in [1.54, 1.807) is 12.1 Å². The van der Waals surface area contributed by atoms with Crippen LogP contribution in [0.4, 0.5) is 5.69 Å². The predicted octanol–water partition coefficient (Wildman–Crippen LogP) is 1.46. The molecule has 0 aliphatic carbocycles. The van der Waals surface area contributed by atoms with Gasteiger partial charge in [0.2, 0.25) is 0 Å². The minimum atomic E-state index is -0.441. The van der Waals surface area contributed by atoms with E-state index in [9.17, 15) is 4.79 Å². The molecule has 0 aromatic heterocycles. The first-order chi connectivity index (χ1) is 6.17. The zero-order valence-corrected chi connectivity index (χ0v) is 8.43. The van der Waals surface area contributed by atoms with Crippen LogP contribution in [0.2, 0.25) is 0 Å². The third-order valence-corrected chi connectivity index (χ3v) is 1.54. The summed E-state index contributed by atoms with van der Waals surface area (Å²) >= 11 is 0. The number of nitrogens with two attached hydrogens (primary N) is 1. The molecule has 0 amide bonds. The van der Waals surface area contributed by atoms with Gasteiger partial charge < -0.3 is 10.5 Å². The molecule has 0 atom stereocenters. The van der Waals surface area contributed by atoms with Crippen LogP contribution in [0.25, 0.3) is 0 Å². The topological polar surface area (TPSA) is 52.3 Å². The maximum absolute atomic E-state index is 11.1. The Morgan fingerprint density at radius 1 is 1.50 bits per heavy atom. The van der Waals surface area contributed by atoms with Gasteiger partial charge in [0.15, 0.2) is 0 Å². The Hall–Kier alpha value is -1.66. The summed E-state index contributed by atoms with van der Waals surface area (Å²) in [5.41, 5.74) is 6.92. The molecule has 0 unspecified atom stereocenters. The highest BCUT2D eigenvalue weighted by Gasteiger charge is 2.06. The number of esters is 1. The van der Waals surface area contributed by atoms with Gasteiger partial charge in [0.1, 0.15) is 0 Å². The van der Waals surface area contributed by atoms with Crippen molar-refractivity contribution in [3.05, 3.63) is 29.3 Å². The Balaban J connectivity index is 0.00000169. The van der Waals surface area contributed by atoms with Crippen LogP contribution in [0.1, 0.15) is 15.9 Å². The minimum absolute atomic E-state index is 0. The van der Waals surface area contributed by atoms with Crippen molar-refractivity contribution in [2.75, 3.05) is 12.8 Å². The predicted molar refractivity (Wildman–Crippen MR) is 57.4 cm³/mol. The molecule has 4 heteroatoms. The van der Waals surface area contributed by atoms with E-state index in [1.165, 1.54) is 13.2 Å². The van der Waals surface area contributed by atoms with Crippen LogP contribution in [0.5, 0.6) is 0 Å². The zero-order valence-electron chi connectivity index (χ0n) is 7.61. The van der Waals surface area contributed by atoms with Gasteiger partial charge in [0, 0.05) is 11.3 Å². The Morgan fingerprint density at radius 2 is 2.14 bits per heavy atom. The maximum Gasteiger partial charge on any atom is 0.337 e. The van der Waals surface area contributed by atoms with Gasteiger partial charge in [-0.25, -0.2) is 4.79 Å². The molecule has 3 nitrogen and oxygen atoms in total. The van der Waals surface area contributed by atoms with Crippen LogP contribution in [0, 0.1) is 12.3 Å². The summed E-state index contributed by atoms with van der Waals surface area (Å²) in [6, 6.07) is 4.70. The molecular formula is C10H10ClNO2. The number of halogens is 1. The molecule has 0 bridgehead atoms. The molecule has 74 valence electrons. The quantitative estimate of drug-likeness (QED) is 0.435. The van der Waals surface area contributed by atoms with Crippen molar-refractivity contribution < 1.29 is 9.53 Å². The SMILES string of the molecule is C#Cc1cc(N)cc(C(=O)OC)c1.Cl. The first-order valence-corrected chi connectivity index (χ1v) is 3.63. The average Bonchev–Trinajstić information content (AvgIpc) is 2.15. The number of ether oxygens (including phenoxy) is 1. The number of benzene rings is 1. The zero-order chi connectivity index (χ0) is 9.84. The van der Waals surface area contributed by atoms with Crippen LogP contribution in [-0.2, 0) is 4.74 Å². The summed E-state index contributed by atoms with van der Waals surface area (Å²) in [5.74, 6) is 1.96. The molecule has 1 aromatic rings. The lowest BCUT2D eigenvalue weighted by Gasteiger charge is -2.01. The summed E-state index contributed by atoms with van der Waals surface area (Å²) in [7, 11) is 1.31. The summed E-state index contributed by atoms with van der Waals surface area (Å²) in [6.45, 7) is 0. The van der Waals surface area contributed by atoms with Crippen molar-refractivity contribution in [2.24, 2.45) is 0 Å². The molecule has 0 radical (unpaired) electrons. The number of methoxy groups -OCH3 is 1. The molecule has 0 saturated carbocycles. The van der Waals surface area contributed by atoms with Gasteiger partial charge in [-0.1, -0.05) is 5.92 Å². The van der Waals surface area contributed by atoms with E-state index in [-0.39, 0.29) is 12.4 Å². The molecule has 0 heterocycles. The molecule has 0 aliphatic rings. The van der Waals surface area contributed by atoms with Crippen LogP contribution in [0.3, 0.4) is 0 Å². The number of anilines is 1. The summed E-state index contributed by atoms with van der Waals surface area (Å²) in [6.07, 6.45) is 5.17. The van der Waals surface area contributed by atoms with E-state index in [2.05, 4.69) is 10.7 Å². The fourth-order valence-corrected chi connectivity index (χ4v) is 0.971. The van der Waals surface area contributed by atoms with Crippen LogP contribution < -0.4 is 5.73 Å². The van der Waals surface area contributed by atoms with E-state index in [1.807, 2.05) is 0 Å². The molecule has 0 spiro atoms. The van der Waals surface area contributed by atoms with Crippen molar-refractivity contribution in [1.29, 1.82) is 0 Å². The second kappa shape index (κ2) is 5.15. The van der Waals surface area contributed by atoms with Crippen molar-refractivity contribution in [3.63, 3.8) is 0 Å². The number of hydrogen-bond acceptors (Lipinski definition) is 3. The highest BCUT2D eigenvalue weighted by molar-refractivity contribution is 5.90. The van der Waals surface area contributed by atoms with Crippen LogP contribution in [-0.4, -0.2) is 13.1 Å². The largest absolute Gasteiger partial charge is 0.465 e. The molecule has 0 fully saturated rings. The van der Waals surface area contributed by atoms with Gasteiger partial charge in [-0.3, -0.25) is 0 Å². The smallest absolute Gasteiger partial charge is 0.337 e. The van der Waals surface area contributed by atoms with E-state index in [0.717, 1.165) is 0 Å². The van der Waals surface area contributed by atoms with E-state index >= 15 is 0 Å². The number of rotatable bonds is 1. The Bertz CT molecular complexity index is 382. The van der Waals surface area contributed by atoms with Crippen molar-refractivity contribution >= 4 is 24.1 Å². The van der Waals surface area contributed by atoms with Crippen LogP contribution >= 0.6 is 12.4 Å². The van der Waals surface area contributed by atoms with E-state index in [0.29, 0.717) is 16.8 Å². The molecule has 14 heavy (non-hydrogen) atoms. The number of hydrogen-bond donors (Lipinski definition) is 1. The average molecular weight is 212 g/mol. The molecule has 1 aromatic carbocycles. The Morgan fingerprint density at radius 3 is 2.64 bits per heavy atom. The second-order valence-electron chi connectivity index (χ2n) is 2.48. The number of carbonyl (C=O) groups excluding carboxylic acids is 1. The first kappa shape index (κ1) is 12.3. The number of nitrogen functional groups attached to an aromatic ring is 1. The minimum Gasteiger partial charge on any atom is -0.465 e. The number of terminal acetylenes is 1. The standard InChI is InChI=1S/C10H9NO2.ClH/c1-3-7-4-8(10(12)13-2)6-9(11)5-7;/h1,4-6H,11H2,2H3;1H. The lowest BCUT2D eigenvalue weighted by molar-refractivity contribution is 0.0601. The lowest BCUT2D eigenvalue weighted by Crippen LogP contribution is -2.02. The lowest BCUT2D eigenvalue weighted by atomic mass is 10.1. The van der Waals surface area contributed by atoms with Crippen molar-refractivity contribution in [2.45, 2.75) is 0 Å². The molecular weight excluding hydrogens is 202 g/mol. The highest BCUT2D eigenvalue weighted by atomic mass is 35.5. The fraction of sp³-hybridized carbons (Fsp3) is 0.100. The molecule has 2 N–H and O–H groups in total. The molecule has 0 saturated heterocycles. The monoisotopic (exact) mass is 211 g/mol. The van der Waals surface area contributed by atoms with Crippen molar-refractivity contribution in [3.8, 4) is 12.3 Å². The van der Waals surface area contributed by atoms with E-state index < -0.39 is 5.97 Å². The van der Waals surface area contributed by atoms with Gasteiger partial charge in [0.25, 0.3) is 0 Å². The number of carbonyl (C=O) groups is 1. The first-order valence-electron chi connectivity index (χ1n) is 3.63. The van der Waals surface area contributed by atoms with Gasteiger partial charge in [-0.15, -0.1) is 18.8 Å². The van der Waals surface area contributed by atoms with Crippen molar-refractivity contribution in [1.82, 2.24) is 0 Å². The van der Waals surface area contributed by atoms with Gasteiger partial charge in [-0.2, -0.15) is 0 Å². The maximum atomic E-state index is 11.1. The van der Waals surface area contributed by atoms with Gasteiger partial charge >= 0.3 is 5.97 Å². The normalized spacial score (nSPS) is 8.29. The Kier molecular flexibility index (Phi) is 4.54. The molecule has 1 rings (SSSR count). The third-order valence-electron chi connectivity index (χ3n) is 1.54. The summed E-state index contributed by atoms with van der Waals surface area (Å²) in [5, 5.41) is 0. The third kappa shape index (κ3) is 2.68. The van der Waals surface area contributed by atoms with Crippen LogP contribution in [0.15, 0.2) is 18.2 Å². The highest BCUT2D eigenvalue weighted by Crippen LogP contribution is 2.11. The van der Waals surface area contributed by atoms with E-state index in [4.69, 9.17) is 12.2 Å². The summed E-state index contributed by atoms with van der Waals surface area (Å²) < 4.78 is 4.53. The van der Waals surface area contributed by atoms with Gasteiger partial charge in [-0.05, 0) is 18.2 Å². The molecule has 0 aliphatic heterocycles. The van der Waals surface area contributed by atoms with Gasteiger partial charge in [0.05, 0.1) is 12.7 Å². The fourth-order valence-electron chi connectivity index (χ4n) is 0.971. The Labute approximate surface area is 88.7 Å². The second-order valence-corrected chi connectivity index (χ2v) is 2.48. The summed E-state index contributed by atoms with van der Waals surface area (Å²) in [4.78, 5) is 11.1.